The average molecular weight is 1300 g/mol. The fourth-order valence-electron chi connectivity index (χ4n) is 14.1. The van der Waals surface area contributed by atoms with Gasteiger partial charge < -0.3 is 49.8 Å². The summed E-state index contributed by atoms with van der Waals surface area (Å²) >= 11 is 6.37. The molecule has 510 valence electrons. The molecule has 25 heteroatoms. The Bertz CT molecular complexity index is 2570. The van der Waals surface area contributed by atoms with Crippen LogP contribution in [0.5, 0.6) is 0 Å². The summed E-state index contributed by atoms with van der Waals surface area (Å²) in [6.07, 6.45) is 5.17. The summed E-state index contributed by atoms with van der Waals surface area (Å²) < 4.78 is 41.7. The van der Waals surface area contributed by atoms with Crippen LogP contribution in [-0.4, -0.2) is 233 Å². The van der Waals surface area contributed by atoms with Crippen LogP contribution in [0.1, 0.15) is 177 Å². The molecule has 2 N–H and O–H groups in total. The highest BCUT2D eigenvalue weighted by atomic mass is 35.5. The molecule has 3 aliphatic carbocycles. The molecule has 3 saturated carbocycles. The summed E-state index contributed by atoms with van der Waals surface area (Å²) in [4.78, 5) is 170. The molecular formula is C65H106ClF3N10O11. The van der Waals surface area contributed by atoms with E-state index in [1.54, 1.807) is 41.7 Å². The molecule has 5 aliphatic rings. The van der Waals surface area contributed by atoms with Crippen molar-refractivity contribution in [1.29, 1.82) is 0 Å². The van der Waals surface area contributed by atoms with E-state index in [1.807, 2.05) is 6.92 Å². The van der Waals surface area contributed by atoms with Crippen LogP contribution in [0.2, 0.25) is 0 Å². The minimum atomic E-state index is -4.49. The van der Waals surface area contributed by atoms with Crippen LogP contribution >= 0.6 is 11.6 Å². The topological polar surface area (TPSA) is 238 Å². The van der Waals surface area contributed by atoms with Gasteiger partial charge in [-0.25, -0.2) is 0 Å². The molecule has 2 saturated heterocycles. The summed E-state index contributed by atoms with van der Waals surface area (Å²) in [5.41, 5.74) is -1.61. The molecular weight excluding hydrogens is 1190 g/mol. The zero-order valence-corrected chi connectivity index (χ0v) is 56.9. The van der Waals surface area contributed by atoms with Crippen molar-refractivity contribution in [3.63, 3.8) is 0 Å². The van der Waals surface area contributed by atoms with Gasteiger partial charge in [-0.05, 0) is 116 Å². The Labute approximate surface area is 537 Å². The van der Waals surface area contributed by atoms with E-state index in [1.165, 1.54) is 88.4 Å². The zero-order chi connectivity index (χ0) is 67.4. The van der Waals surface area contributed by atoms with Crippen LogP contribution < -0.4 is 10.6 Å². The summed E-state index contributed by atoms with van der Waals surface area (Å²) in [5.74, 6) is -10.7. The number of ketones is 1. The second-order valence-electron chi connectivity index (χ2n) is 27.7. The van der Waals surface area contributed by atoms with Gasteiger partial charge in [0.25, 0.3) is 0 Å². The number of nitrogens with one attached hydrogen (secondary N) is 2. The van der Waals surface area contributed by atoms with E-state index in [0.717, 1.165) is 51.4 Å². The number of fused-ring (bicyclic) bond motifs is 1. The Kier molecular flexibility index (Phi) is 27.4. The van der Waals surface area contributed by atoms with Gasteiger partial charge in [-0.2, -0.15) is 13.2 Å². The molecule has 90 heavy (non-hydrogen) atoms. The first kappa shape index (κ1) is 75.2. The van der Waals surface area contributed by atoms with Crippen molar-refractivity contribution >= 4 is 76.5 Å². The van der Waals surface area contributed by atoms with Crippen LogP contribution in [-0.2, 0) is 52.7 Å². The van der Waals surface area contributed by atoms with Gasteiger partial charge in [0.15, 0.2) is 5.78 Å². The predicted octanol–water partition coefficient (Wildman–Crippen LogP) is 6.27. The van der Waals surface area contributed by atoms with Gasteiger partial charge in [0.2, 0.25) is 59.1 Å². The van der Waals surface area contributed by atoms with E-state index in [4.69, 9.17) is 11.6 Å². The molecule has 5 rings (SSSR count). The third kappa shape index (κ3) is 18.8. The Hall–Kier alpha value is -5.55. The fraction of sp³-hybridized carbons (Fsp3) is 0.831. The Morgan fingerprint density at radius 2 is 1.22 bits per heavy atom. The molecule has 21 nitrogen and oxygen atoms in total. The maximum Gasteiger partial charge on any atom is 0.393 e. The average Bonchev–Trinajstić information content (AvgIpc) is 1.27. The summed E-state index contributed by atoms with van der Waals surface area (Å²) in [6.45, 7) is 10.2. The van der Waals surface area contributed by atoms with Gasteiger partial charge >= 0.3 is 6.18 Å². The molecule has 0 bridgehead atoms. The van der Waals surface area contributed by atoms with Crippen LogP contribution in [0.4, 0.5) is 13.2 Å². The first-order chi connectivity index (χ1) is 42.0. The molecule has 0 spiro atoms. The zero-order valence-electron chi connectivity index (χ0n) is 56.1. The maximum absolute atomic E-state index is 15.1. The second kappa shape index (κ2) is 32.8. The lowest BCUT2D eigenvalue weighted by Crippen LogP contribution is -2.64. The third-order valence-corrected chi connectivity index (χ3v) is 21.6. The number of amides is 10. The largest absolute Gasteiger partial charge is 0.393 e. The van der Waals surface area contributed by atoms with Gasteiger partial charge in [0, 0.05) is 85.6 Å². The molecule has 0 aromatic rings. The number of halogens is 4. The third-order valence-electron chi connectivity index (χ3n) is 21.1. The van der Waals surface area contributed by atoms with Gasteiger partial charge in [0.1, 0.15) is 35.7 Å². The van der Waals surface area contributed by atoms with Gasteiger partial charge in [0.05, 0.1) is 25.6 Å². The predicted molar refractivity (Wildman–Crippen MR) is 335 cm³/mol. The van der Waals surface area contributed by atoms with E-state index in [0.29, 0.717) is 32.1 Å². The van der Waals surface area contributed by atoms with E-state index in [2.05, 4.69) is 10.6 Å². The lowest BCUT2D eigenvalue weighted by atomic mass is 9.77. The van der Waals surface area contributed by atoms with Crippen molar-refractivity contribution in [2.75, 3.05) is 75.5 Å². The van der Waals surface area contributed by atoms with Crippen LogP contribution in [0.15, 0.2) is 0 Å². The van der Waals surface area contributed by atoms with Crippen molar-refractivity contribution in [2.24, 2.45) is 41.4 Å². The first-order valence-electron chi connectivity index (χ1n) is 33.0. The Morgan fingerprint density at radius 1 is 0.622 bits per heavy atom. The molecule has 10 amide bonds. The number of carbonyl (C=O) groups excluding carboxylic acids is 11. The van der Waals surface area contributed by atoms with Gasteiger partial charge in [-0.1, -0.05) is 78.6 Å². The summed E-state index contributed by atoms with van der Waals surface area (Å²) in [7, 11) is 10.2. The van der Waals surface area contributed by atoms with Gasteiger partial charge in [-0.15, -0.1) is 11.6 Å². The van der Waals surface area contributed by atoms with Crippen LogP contribution in [0.3, 0.4) is 0 Å². The molecule has 4 unspecified atom stereocenters. The molecule has 2 aliphatic heterocycles. The number of alkyl halides is 4. The quantitative estimate of drug-likeness (QED) is 0.257. The minimum absolute atomic E-state index is 0.0176. The van der Waals surface area contributed by atoms with E-state index < -0.39 is 162 Å². The first-order valence-corrected chi connectivity index (χ1v) is 33.4. The SMILES string of the molecule is CC[C@H](C)[C@@H]1NC(=O)[C@H](C)N(C)C(=O)C[C@@H](C)N(C)C(=O)[C@H](C2CCCCC2)N(C)C(=O)C(C)(C)N(C)C(=O)[C@@H]2CCCN2C(=O)[C@H](CCC2CCC(C(F)(F)F)C(Cl)C2)NC(=O)CN(C)C(=O)[C@H](CC2CCCCC2)C(C)C(=O)CN(C)C(=O)CN(C)C1=O. The van der Waals surface area contributed by atoms with Crippen molar-refractivity contribution in [1.82, 2.24) is 49.8 Å². The van der Waals surface area contributed by atoms with Crippen molar-refractivity contribution in [3.05, 3.63) is 0 Å². The van der Waals surface area contributed by atoms with E-state index in [-0.39, 0.29) is 69.2 Å². The Balaban J connectivity index is 1.53. The number of nitrogens with zero attached hydrogens (tertiary/aromatic N) is 8. The highest BCUT2D eigenvalue weighted by molar-refractivity contribution is 6.20. The lowest BCUT2D eigenvalue weighted by Gasteiger charge is -2.44. The van der Waals surface area contributed by atoms with Crippen LogP contribution in [0, 0.1) is 41.4 Å². The standard InChI is InChI=1S/C65H106ClF3N10O11/c1-15-39(2)55-61(88)74(10)38-54(83)72(8)36-51(80)41(4)46(34-43-23-18-16-19-24-43)58(85)73(9)37-52(81)70-49(31-29-44-28-30-47(48(66)35-44)65(67,68)69)59(86)79-32-22-27-50(79)60(87)78(14)64(6,7)63(90)77(13)56(45-25-20-17-21-26-45)62(89)75(11)40(3)33-53(82)76(12)42(5)57(84)71-55/h39-50,55-56H,15-38H2,1-14H3,(H,70,81)(H,71,84)/t39-,40+,41?,42-,44?,46+,47?,48?,49-,50-,55-,56-/m0/s1. The number of hydrogen-bond acceptors (Lipinski definition) is 11. The number of hydrogen-bond donors (Lipinski definition) is 2. The molecule has 5 fully saturated rings. The minimum Gasteiger partial charge on any atom is -0.343 e. The van der Waals surface area contributed by atoms with Crippen LogP contribution in [0.25, 0.3) is 0 Å². The number of likely N-dealkylation sites (N-methyl/N-ethyl adjacent to an activating group) is 7. The second-order valence-corrected chi connectivity index (χ2v) is 28.3. The van der Waals surface area contributed by atoms with E-state index >= 15 is 9.59 Å². The van der Waals surface area contributed by atoms with Gasteiger partial charge in [-0.3, -0.25) is 52.7 Å². The lowest BCUT2D eigenvalue weighted by molar-refractivity contribution is -0.182. The molecule has 2 heterocycles. The van der Waals surface area contributed by atoms with Crippen molar-refractivity contribution in [2.45, 2.75) is 230 Å². The Morgan fingerprint density at radius 3 is 1.81 bits per heavy atom. The molecule has 0 aromatic heterocycles. The molecule has 12 atom stereocenters. The smallest absolute Gasteiger partial charge is 0.343 e. The monoisotopic (exact) mass is 1290 g/mol. The number of rotatable bonds is 8. The summed E-state index contributed by atoms with van der Waals surface area (Å²) in [5, 5.41) is 4.44. The normalized spacial score (nSPS) is 31.3. The van der Waals surface area contributed by atoms with E-state index in [9.17, 15) is 56.3 Å². The highest BCUT2D eigenvalue weighted by Crippen LogP contribution is 2.44. The highest BCUT2D eigenvalue weighted by Gasteiger charge is 2.50. The van der Waals surface area contributed by atoms with Crippen molar-refractivity contribution in [3.8, 4) is 0 Å². The number of Topliss-reactive ketones (excluding diaryl/α,β-unsaturated/α-hetero) is 1. The molecule has 0 aromatic carbocycles. The molecule has 0 radical (unpaired) electrons. The summed E-state index contributed by atoms with van der Waals surface area (Å²) in [6, 6.07) is -6.36. The fourth-order valence-corrected chi connectivity index (χ4v) is 14.6. The van der Waals surface area contributed by atoms with Crippen molar-refractivity contribution < 1.29 is 65.9 Å². The maximum atomic E-state index is 15.1. The number of carbonyl (C=O) groups is 11.